The van der Waals surface area contributed by atoms with E-state index in [9.17, 15) is 0 Å². The highest BCUT2D eigenvalue weighted by atomic mass is 14.9. The summed E-state index contributed by atoms with van der Waals surface area (Å²) in [7, 11) is 0. The molecule has 1 rings (SSSR count). The van der Waals surface area contributed by atoms with Gasteiger partial charge in [-0.25, -0.2) is 9.97 Å². The molecule has 0 aromatic carbocycles. The summed E-state index contributed by atoms with van der Waals surface area (Å²) in [5, 5.41) is 0. The quantitative estimate of drug-likeness (QED) is 0.423. The number of hydrogen-bond donors (Lipinski definition) is 0. The first-order valence-electron chi connectivity index (χ1n) is 9.73. The molecule has 1 aromatic rings. The van der Waals surface area contributed by atoms with Gasteiger partial charge >= 0.3 is 0 Å². The number of aryl methyl sites for hydroxylation is 1. The van der Waals surface area contributed by atoms with Crippen LogP contribution in [0, 0.1) is 5.92 Å². The Morgan fingerprint density at radius 3 is 2.04 bits per heavy atom. The number of nitrogens with zero attached hydrogens (tertiary/aromatic N) is 2. The molecule has 0 fully saturated rings. The highest BCUT2D eigenvalue weighted by Crippen LogP contribution is 2.27. The molecule has 0 aliphatic carbocycles. The van der Waals surface area contributed by atoms with Gasteiger partial charge in [0, 0.05) is 18.8 Å². The first-order valence-corrected chi connectivity index (χ1v) is 9.73. The summed E-state index contributed by atoms with van der Waals surface area (Å²) < 4.78 is 0. The summed E-state index contributed by atoms with van der Waals surface area (Å²) in [4.78, 5) is 9.18. The molecule has 0 saturated carbocycles. The van der Waals surface area contributed by atoms with Crippen molar-refractivity contribution in [3.05, 3.63) is 35.4 Å². The highest BCUT2D eigenvalue weighted by molar-refractivity contribution is 5.15. The van der Waals surface area contributed by atoms with Gasteiger partial charge in [-0.1, -0.05) is 71.4 Å². The molecule has 23 heavy (non-hydrogen) atoms. The van der Waals surface area contributed by atoms with E-state index in [0.717, 1.165) is 24.6 Å². The van der Waals surface area contributed by atoms with Gasteiger partial charge in [-0.05, 0) is 37.2 Å². The van der Waals surface area contributed by atoms with E-state index in [4.69, 9.17) is 0 Å². The lowest BCUT2D eigenvalue weighted by atomic mass is 9.86. The molecule has 2 heteroatoms. The van der Waals surface area contributed by atoms with E-state index in [2.05, 4.69) is 43.7 Å². The normalized spacial score (nSPS) is 12.1. The van der Waals surface area contributed by atoms with Crippen LogP contribution in [0.4, 0.5) is 0 Å². The summed E-state index contributed by atoms with van der Waals surface area (Å²) in [5.74, 6) is 1.71. The van der Waals surface area contributed by atoms with Gasteiger partial charge in [0.2, 0.25) is 0 Å². The number of rotatable bonds is 12. The third-order valence-electron chi connectivity index (χ3n) is 4.56. The maximum absolute atomic E-state index is 4.59. The first kappa shape index (κ1) is 19.9. The zero-order valence-corrected chi connectivity index (χ0v) is 15.8. The van der Waals surface area contributed by atoms with Crippen molar-refractivity contribution in [3.63, 3.8) is 0 Å². The van der Waals surface area contributed by atoms with E-state index < -0.39 is 0 Å². The van der Waals surface area contributed by atoms with E-state index in [1.54, 1.807) is 5.57 Å². The smallest absolute Gasteiger partial charge is 0.132 e. The zero-order valence-electron chi connectivity index (χ0n) is 15.8. The van der Waals surface area contributed by atoms with Gasteiger partial charge in [0.1, 0.15) is 5.82 Å². The molecule has 0 unspecified atom stereocenters. The molecule has 0 spiro atoms. The van der Waals surface area contributed by atoms with Crippen molar-refractivity contribution in [1.29, 1.82) is 0 Å². The summed E-state index contributed by atoms with van der Waals surface area (Å²) >= 11 is 0. The molecule has 0 radical (unpaired) electrons. The van der Waals surface area contributed by atoms with Crippen molar-refractivity contribution in [2.45, 2.75) is 91.9 Å². The largest absolute Gasteiger partial charge is 0.241 e. The van der Waals surface area contributed by atoms with Crippen molar-refractivity contribution in [2.75, 3.05) is 0 Å². The Bertz CT molecular complexity index is 426. The van der Waals surface area contributed by atoms with Crippen LogP contribution in [0.1, 0.15) is 90.4 Å². The molecule has 0 N–H and O–H groups in total. The average Bonchev–Trinajstić information content (AvgIpc) is 2.59. The number of unbranched alkanes of at least 4 members (excludes halogenated alkanes) is 3. The van der Waals surface area contributed by atoms with E-state index >= 15 is 0 Å². The summed E-state index contributed by atoms with van der Waals surface area (Å²) in [6.45, 7) is 8.99. The van der Waals surface area contributed by atoms with Crippen molar-refractivity contribution < 1.29 is 0 Å². The molecule has 0 aliphatic heterocycles. The van der Waals surface area contributed by atoms with Gasteiger partial charge in [-0.2, -0.15) is 0 Å². The van der Waals surface area contributed by atoms with Crippen molar-refractivity contribution in [2.24, 2.45) is 5.92 Å². The van der Waals surface area contributed by atoms with E-state index in [0.29, 0.717) is 0 Å². The van der Waals surface area contributed by atoms with Crippen molar-refractivity contribution in [1.82, 2.24) is 9.97 Å². The molecule has 130 valence electrons. The maximum Gasteiger partial charge on any atom is 0.132 e. The van der Waals surface area contributed by atoms with Crippen LogP contribution in [0.5, 0.6) is 0 Å². The average molecular weight is 317 g/mol. The second-order valence-corrected chi connectivity index (χ2v) is 6.59. The Kier molecular flexibility index (Phi) is 10.6. The fraction of sp³-hybridized carbons (Fsp3) is 0.714. The Balaban J connectivity index is 2.85. The Morgan fingerprint density at radius 2 is 1.57 bits per heavy atom. The lowest BCUT2D eigenvalue weighted by Gasteiger charge is -2.20. The van der Waals surface area contributed by atoms with Gasteiger partial charge in [0.25, 0.3) is 0 Å². The fourth-order valence-corrected chi connectivity index (χ4v) is 2.97. The minimum atomic E-state index is 0.718. The molecule has 1 aromatic heterocycles. The van der Waals surface area contributed by atoms with Gasteiger partial charge in [-0.3, -0.25) is 0 Å². The molecule has 2 nitrogen and oxygen atoms in total. The number of hydrogen-bond acceptors (Lipinski definition) is 2. The predicted molar refractivity (Wildman–Crippen MR) is 101 cm³/mol. The third kappa shape index (κ3) is 7.76. The Hall–Kier alpha value is -1.18. The van der Waals surface area contributed by atoms with Gasteiger partial charge in [0.05, 0.1) is 0 Å². The van der Waals surface area contributed by atoms with Gasteiger partial charge < -0.3 is 0 Å². The molecular weight excluding hydrogens is 280 g/mol. The topological polar surface area (TPSA) is 25.8 Å². The van der Waals surface area contributed by atoms with Crippen molar-refractivity contribution in [3.8, 4) is 0 Å². The van der Waals surface area contributed by atoms with Crippen LogP contribution in [0.15, 0.2) is 24.0 Å². The van der Waals surface area contributed by atoms with Crippen LogP contribution >= 0.6 is 0 Å². The van der Waals surface area contributed by atoms with Gasteiger partial charge in [0.15, 0.2) is 0 Å². The standard InChI is InChI=1S/C21H36N2/c1-5-9-12-19(13-10-6-2)20(14-11-7-3)15-21-22-16-18(8-4)17-23-21/h14,16-17,19H,5-13,15H2,1-4H3/b20-14-. The summed E-state index contributed by atoms with van der Waals surface area (Å²) in [6.07, 6.45) is 18.7. The highest BCUT2D eigenvalue weighted by Gasteiger charge is 2.15. The number of allylic oxidation sites excluding steroid dienone is 2. The molecular formula is C21H36N2. The Morgan fingerprint density at radius 1 is 0.957 bits per heavy atom. The minimum absolute atomic E-state index is 0.718. The molecule has 0 amide bonds. The monoisotopic (exact) mass is 316 g/mol. The molecule has 0 aliphatic rings. The number of aromatic nitrogens is 2. The fourth-order valence-electron chi connectivity index (χ4n) is 2.97. The van der Waals surface area contributed by atoms with E-state index in [1.165, 1.54) is 56.9 Å². The maximum atomic E-state index is 4.59. The second-order valence-electron chi connectivity index (χ2n) is 6.59. The second kappa shape index (κ2) is 12.3. The van der Waals surface area contributed by atoms with Crippen LogP contribution in [-0.2, 0) is 12.8 Å². The summed E-state index contributed by atoms with van der Waals surface area (Å²) in [5.41, 5.74) is 2.80. The van der Waals surface area contributed by atoms with Crippen LogP contribution < -0.4 is 0 Å². The van der Waals surface area contributed by atoms with Crippen LogP contribution in [-0.4, -0.2) is 9.97 Å². The minimum Gasteiger partial charge on any atom is -0.241 e. The van der Waals surface area contributed by atoms with Crippen LogP contribution in [0.2, 0.25) is 0 Å². The van der Waals surface area contributed by atoms with E-state index in [-0.39, 0.29) is 0 Å². The summed E-state index contributed by atoms with van der Waals surface area (Å²) in [6, 6.07) is 0. The van der Waals surface area contributed by atoms with Crippen LogP contribution in [0.3, 0.4) is 0 Å². The van der Waals surface area contributed by atoms with Crippen molar-refractivity contribution >= 4 is 0 Å². The first-order chi connectivity index (χ1) is 11.2. The zero-order chi connectivity index (χ0) is 16.9. The van der Waals surface area contributed by atoms with Crippen LogP contribution in [0.25, 0.3) is 0 Å². The lowest BCUT2D eigenvalue weighted by molar-refractivity contribution is 0.465. The molecule has 1 heterocycles. The molecule has 0 saturated heterocycles. The van der Waals surface area contributed by atoms with E-state index in [1.807, 2.05) is 12.4 Å². The lowest BCUT2D eigenvalue weighted by Crippen LogP contribution is -2.10. The predicted octanol–water partition coefficient (Wildman–Crippen LogP) is 6.30. The molecule has 0 atom stereocenters. The Labute approximate surface area is 143 Å². The SMILES string of the molecule is CCC/C=C(/Cc1ncc(CC)cn1)C(CCCC)CCCC. The molecule has 0 bridgehead atoms. The third-order valence-corrected chi connectivity index (χ3v) is 4.56. The van der Waals surface area contributed by atoms with Gasteiger partial charge in [-0.15, -0.1) is 0 Å².